The first kappa shape index (κ1) is 25.6. The maximum absolute atomic E-state index is 13.3. The molecule has 3 rings (SSSR count). The van der Waals surface area contributed by atoms with Gasteiger partial charge in [-0.25, -0.2) is 14.1 Å². The van der Waals surface area contributed by atoms with Gasteiger partial charge in [-0.15, -0.1) is 0 Å². The monoisotopic (exact) mass is 447 g/mol. The number of hydrogen-bond acceptors (Lipinski definition) is 4. The standard InChI is InChI=1S/C24H26FN5.C3H8/c1-6-21(17(3)26-14-18-8-13-24(27-15-18)29(4)5)22-16-28-30(23(22)7-2)20-11-9-19(25)10-12-20;1-3-2/h6-13,15-16,26H,2-3,14H2,1,4-5H3;3H2,1-2H3/b21-6-;. The Hall–Kier alpha value is -3.67. The Balaban J connectivity index is 0.00000122. The number of nitrogens with zero attached hydrogens (tertiary/aromatic N) is 4. The fraction of sp³-hybridized carbons (Fsp3) is 0.259. The third-order valence-corrected chi connectivity index (χ3v) is 4.75. The van der Waals surface area contributed by atoms with E-state index in [0.29, 0.717) is 6.54 Å². The zero-order chi connectivity index (χ0) is 24.4. The van der Waals surface area contributed by atoms with Gasteiger partial charge in [0.15, 0.2) is 0 Å². The minimum Gasteiger partial charge on any atom is -0.381 e. The van der Waals surface area contributed by atoms with Crippen LogP contribution in [0.4, 0.5) is 10.2 Å². The van der Waals surface area contributed by atoms with Gasteiger partial charge in [0.25, 0.3) is 0 Å². The fourth-order valence-corrected chi connectivity index (χ4v) is 3.13. The summed E-state index contributed by atoms with van der Waals surface area (Å²) in [6, 6.07) is 10.2. The SMILES string of the molecule is C=Cc1c(/C(=C\C)C(=C)NCc2ccc(N(C)C)nc2)cnn1-c1ccc(F)cc1.CCC. The van der Waals surface area contributed by atoms with E-state index in [0.717, 1.165) is 39.6 Å². The van der Waals surface area contributed by atoms with Gasteiger partial charge in [-0.2, -0.15) is 5.10 Å². The maximum atomic E-state index is 13.3. The second-order valence-corrected chi connectivity index (χ2v) is 7.70. The molecule has 6 heteroatoms. The van der Waals surface area contributed by atoms with Crippen molar-refractivity contribution in [3.05, 3.63) is 96.4 Å². The number of hydrogen-bond donors (Lipinski definition) is 1. The first-order chi connectivity index (χ1) is 15.9. The predicted octanol–water partition coefficient (Wildman–Crippen LogP) is 6.24. The highest BCUT2D eigenvalue weighted by Gasteiger charge is 2.15. The summed E-state index contributed by atoms with van der Waals surface area (Å²) >= 11 is 0. The van der Waals surface area contributed by atoms with E-state index in [1.165, 1.54) is 18.6 Å². The van der Waals surface area contributed by atoms with Crippen molar-refractivity contribution in [2.75, 3.05) is 19.0 Å². The molecule has 1 N–H and O–H groups in total. The summed E-state index contributed by atoms with van der Waals surface area (Å²) in [6.07, 6.45) is 8.61. The summed E-state index contributed by atoms with van der Waals surface area (Å²) in [5, 5.41) is 7.85. The van der Waals surface area contributed by atoms with Crippen LogP contribution in [0.5, 0.6) is 0 Å². The molecule has 33 heavy (non-hydrogen) atoms. The van der Waals surface area contributed by atoms with Crippen molar-refractivity contribution in [2.45, 2.75) is 33.7 Å². The molecule has 0 fully saturated rings. The van der Waals surface area contributed by atoms with Crippen LogP contribution in [0, 0.1) is 5.82 Å². The highest BCUT2D eigenvalue weighted by atomic mass is 19.1. The van der Waals surface area contributed by atoms with Crippen molar-refractivity contribution in [3.63, 3.8) is 0 Å². The van der Waals surface area contributed by atoms with E-state index in [1.807, 2.05) is 50.3 Å². The Kier molecular flexibility index (Phi) is 9.61. The Bertz CT molecular complexity index is 1080. The molecule has 0 atom stereocenters. The zero-order valence-corrected chi connectivity index (χ0v) is 20.3. The van der Waals surface area contributed by atoms with E-state index in [4.69, 9.17) is 0 Å². The summed E-state index contributed by atoms with van der Waals surface area (Å²) in [6.45, 7) is 14.9. The third-order valence-electron chi connectivity index (χ3n) is 4.75. The van der Waals surface area contributed by atoms with Gasteiger partial charge in [0.2, 0.25) is 0 Å². The van der Waals surface area contributed by atoms with Gasteiger partial charge in [-0.05, 0) is 48.9 Å². The third kappa shape index (κ3) is 6.65. The largest absolute Gasteiger partial charge is 0.381 e. The highest BCUT2D eigenvalue weighted by molar-refractivity contribution is 5.82. The topological polar surface area (TPSA) is 46.0 Å². The lowest BCUT2D eigenvalue weighted by molar-refractivity contribution is 0.627. The van der Waals surface area contributed by atoms with Crippen LogP contribution in [0.25, 0.3) is 17.3 Å². The molecule has 0 saturated carbocycles. The average Bonchev–Trinajstić information content (AvgIpc) is 3.23. The number of pyridine rings is 1. The molecular formula is C27H34FN5. The molecule has 2 aromatic heterocycles. The molecule has 0 saturated heterocycles. The lowest BCUT2D eigenvalue weighted by atomic mass is 10.0. The molecule has 0 amide bonds. The van der Waals surface area contributed by atoms with Gasteiger partial charge in [-0.3, -0.25) is 0 Å². The first-order valence-corrected chi connectivity index (χ1v) is 11.0. The smallest absolute Gasteiger partial charge is 0.127 e. The molecule has 174 valence electrons. The number of anilines is 1. The predicted molar refractivity (Wildman–Crippen MR) is 138 cm³/mol. The van der Waals surface area contributed by atoms with Gasteiger partial charge >= 0.3 is 0 Å². The van der Waals surface area contributed by atoms with Gasteiger partial charge in [0.1, 0.15) is 11.6 Å². The zero-order valence-electron chi connectivity index (χ0n) is 20.3. The Morgan fingerprint density at radius 3 is 2.30 bits per heavy atom. The molecule has 0 bridgehead atoms. The number of aromatic nitrogens is 3. The van der Waals surface area contributed by atoms with Crippen LogP contribution in [0.1, 0.15) is 44.0 Å². The van der Waals surface area contributed by atoms with Crippen molar-refractivity contribution in [2.24, 2.45) is 0 Å². The lowest BCUT2D eigenvalue weighted by Crippen LogP contribution is -2.15. The highest BCUT2D eigenvalue weighted by Crippen LogP contribution is 2.27. The Morgan fingerprint density at radius 2 is 1.79 bits per heavy atom. The lowest BCUT2D eigenvalue weighted by Gasteiger charge is -2.15. The average molecular weight is 448 g/mol. The molecule has 0 unspecified atom stereocenters. The van der Waals surface area contributed by atoms with Crippen molar-refractivity contribution in [3.8, 4) is 5.69 Å². The van der Waals surface area contributed by atoms with Crippen molar-refractivity contribution >= 4 is 17.5 Å². The molecule has 5 nitrogen and oxygen atoms in total. The minimum absolute atomic E-state index is 0.286. The quantitative estimate of drug-likeness (QED) is 0.415. The minimum atomic E-state index is -0.286. The fourth-order valence-electron chi connectivity index (χ4n) is 3.13. The second kappa shape index (κ2) is 12.4. The van der Waals surface area contributed by atoms with E-state index in [-0.39, 0.29) is 5.82 Å². The molecule has 0 aliphatic carbocycles. The Labute approximate surface area is 197 Å². The molecule has 1 aromatic carbocycles. The normalized spacial score (nSPS) is 10.8. The van der Waals surface area contributed by atoms with Crippen LogP contribution in [0.3, 0.4) is 0 Å². The number of allylic oxidation sites excluding steroid dienone is 2. The molecule has 0 aliphatic rings. The van der Waals surface area contributed by atoms with E-state index in [1.54, 1.807) is 29.1 Å². The van der Waals surface area contributed by atoms with Crippen LogP contribution < -0.4 is 10.2 Å². The molecule has 2 heterocycles. The molecule has 0 aliphatic heterocycles. The van der Waals surface area contributed by atoms with Gasteiger partial charge in [0, 0.05) is 43.7 Å². The van der Waals surface area contributed by atoms with Crippen LogP contribution in [0.15, 0.2) is 73.7 Å². The van der Waals surface area contributed by atoms with Gasteiger partial charge in [0.05, 0.1) is 17.6 Å². The number of rotatable bonds is 8. The van der Waals surface area contributed by atoms with Gasteiger partial charge in [-0.1, -0.05) is 45.6 Å². The first-order valence-electron chi connectivity index (χ1n) is 11.0. The number of halogens is 1. The second-order valence-electron chi connectivity index (χ2n) is 7.70. The van der Waals surface area contributed by atoms with Crippen LogP contribution in [-0.2, 0) is 6.54 Å². The van der Waals surface area contributed by atoms with Crippen LogP contribution >= 0.6 is 0 Å². The Morgan fingerprint density at radius 1 is 1.12 bits per heavy atom. The maximum Gasteiger partial charge on any atom is 0.127 e. The van der Waals surface area contributed by atoms with Crippen molar-refractivity contribution in [1.82, 2.24) is 20.1 Å². The number of benzene rings is 1. The van der Waals surface area contributed by atoms with Crippen LogP contribution in [-0.4, -0.2) is 28.9 Å². The summed E-state index contributed by atoms with van der Waals surface area (Å²) in [4.78, 5) is 6.40. The molecule has 0 spiro atoms. The summed E-state index contributed by atoms with van der Waals surface area (Å²) in [7, 11) is 3.92. The van der Waals surface area contributed by atoms with Crippen LogP contribution in [0.2, 0.25) is 0 Å². The van der Waals surface area contributed by atoms with E-state index in [2.05, 4.69) is 42.4 Å². The summed E-state index contributed by atoms with van der Waals surface area (Å²) in [5.74, 6) is 0.627. The number of nitrogens with one attached hydrogen (secondary N) is 1. The molecular weight excluding hydrogens is 413 g/mol. The summed E-state index contributed by atoms with van der Waals surface area (Å²) in [5.41, 5.74) is 5.24. The van der Waals surface area contributed by atoms with Gasteiger partial charge < -0.3 is 10.2 Å². The van der Waals surface area contributed by atoms with Crippen molar-refractivity contribution in [1.29, 1.82) is 0 Å². The van der Waals surface area contributed by atoms with E-state index < -0.39 is 0 Å². The van der Waals surface area contributed by atoms with E-state index in [9.17, 15) is 4.39 Å². The molecule has 0 radical (unpaired) electrons. The summed E-state index contributed by atoms with van der Waals surface area (Å²) < 4.78 is 15.0. The van der Waals surface area contributed by atoms with E-state index >= 15 is 0 Å². The van der Waals surface area contributed by atoms with Crippen molar-refractivity contribution < 1.29 is 4.39 Å². The molecule has 3 aromatic rings.